The Kier molecular flexibility index (Phi) is 3.47. The summed E-state index contributed by atoms with van der Waals surface area (Å²) >= 11 is 0. The van der Waals surface area contributed by atoms with Crippen LogP contribution in [0.15, 0.2) is 24.3 Å². The summed E-state index contributed by atoms with van der Waals surface area (Å²) in [5.41, 5.74) is 1.88. The van der Waals surface area contributed by atoms with Crippen LogP contribution in [0.5, 0.6) is 0 Å². The molecule has 0 amide bonds. The number of para-hydroxylation sites is 1. The van der Waals surface area contributed by atoms with Gasteiger partial charge in [0.25, 0.3) is 0 Å². The van der Waals surface area contributed by atoms with E-state index < -0.39 is 10.2 Å². The summed E-state index contributed by atoms with van der Waals surface area (Å²) in [6, 6.07) is 7.64. The third-order valence-corrected chi connectivity index (χ3v) is 5.14. The van der Waals surface area contributed by atoms with Crippen molar-refractivity contribution < 1.29 is 13.2 Å². The second-order valence-electron chi connectivity index (χ2n) is 4.94. The van der Waals surface area contributed by atoms with Gasteiger partial charge in [0.2, 0.25) is 0 Å². The van der Waals surface area contributed by atoms with Crippen LogP contribution in [0.25, 0.3) is 0 Å². The molecule has 19 heavy (non-hydrogen) atoms. The minimum absolute atomic E-state index is 0.0209. The zero-order valence-corrected chi connectivity index (χ0v) is 11.5. The summed E-state index contributed by atoms with van der Waals surface area (Å²) in [6.45, 7) is 1.61. The van der Waals surface area contributed by atoms with Crippen molar-refractivity contribution in [1.82, 2.24) is 4.72 Å². The first-order chi connectivity index (χ1) is 9.17. The molecule has 104 valence electrons. The maximum absolute atomic E-state index is 12.3. The maximum Gasteiger partial charge on any atom is 0.301 e. The first kappa shape index (κ1) is 12.9. The van der Waals surface area contributed by atoms with Crippen LogP contribution < -0.4 is 9.03 Å². The lowest BCUT2D eigenvalue weighted by molar-refractivity contribution is 0.114. The number of nitrogens with one attached hydrogen (secondary N) is 1. The van der Waals surface area contributed by atoms with Crippen LogP contribution in [0, 0.1) is 0 Å². The molecule has 1 atom stereocenters. The largest absolute Gasteiger partial charge is 0.377 e. The standard InChI is InChI=1S/C13H18N2O3S/c16-19(17,14-10-12-5-3-9-18-12)15-8-7-11-4-1-2-6-13(11)15/h1-2,4,6,12,14H,3,5,7-10H2. The Morgan fingerprint density at radius 1 is 1.37 bits per heavy atom. The fourth-order valence-corrected chi connectivity index (χ4v) is 3.96. The second-order valence-corrected chi connectivity index (χ2v) is 6.62. The van der Waals surface area contributed by atoms with Crippen molar-refractivity contribution >= 4 is 15.9 Å². The van der Waals surface area contributed by atoms with E-state index in [-0.39, 0.29) is 6.10 Å². The highest BCUT2D eigenvalue weighted by atomic mass is 32.2. The topological polar surface area (TPSA) is 58.6 Å². The lowest BCUT2D eigenvalue weighted by Crippen LogP contribution is -2.42. The number of benzene rings is 1. The first-order valence-electron chi connectivity index (χ1n) is 6.64. The van der Waals surface area contributed by atoms with E-state index in [0.29, 0.717) is 13.1 Å². The van der Waals surface area contributed by atoms with Crippen molar-refractivity contribution in [3.63, 3.8) is 0 Å². The Morgan fingerprint density at radius 3 is 3.00 bits per heavy atom. The third kappa shape index (κ3) is 2.61. The summed E-state index contributed by atoms with van der Waals surface area (Å²) in [6.07, 6.45) is 2.74. The fourth-order valence-electron chi connectivity index (χ4n) is 2.64. The number of fused-ring (bicyclic) bond motifs is 1. The molecule has 1 fully saturated rings. The summed E-state index contributed by atoms with van der Waals surface area (Å²) in [7, 11) is -3.46. The van der Waals surface area contributed by atoms with E-state index in [0.717, 1.165) is 37.1 Å². The first-order valence-corrected chi connectivity index (χ1v) is 8.08. The van der Waals surface area contributed by atoms with E-state index in [2.05, 4.69) is 4.72 Å². The van der Waals surface area contributed by atoms with Crippen LogP contribution in [0.4, 0.5) is 5.69 Å². The van der Waals surface area contributed by atoms with Crippen LogP contribution >= 0.6 is 0 Å². The monoisotopic (exact) mass is 282 g/mol. The van der Waals surface area contributed by atoms with Crippen molar-refractivity contribution in [3.8, 4) is 0 Å². The molecule has 0 spiro atoms. The molecule has 0 aromatic heterocycles. The van der Waals surface area contributed by atoms with Crippen molar-refractivity contribution in [2.75, 3.05) is 24.0 Å². The number of ether oxygens (including phenoxy) is 1. The molecule has 2 aliphatic rings. The Balaban J connectivity index is 1.71. The Hall–Kier alpha value is -1.11. The molecule has 1 saturated heterocycles. The molecule has 5 nitrogen and oxygen atoms in total. The van der Waals surface area contributed by atoms with Crippen molar-refractivity contribution in [2.24, 2.45) is 0 Å². The zero-order chi connectivity index (χ0) is 13.3. The van der Waals surface area contributed by atoms with Gasteiger partial charge in [0, 0.05) is 19.7 Å². The van der Waals surface area contributed by atoms with E-state index in [1.807, 2.05) is 24.3 Å². The van der Waals surface area contributed by atoms with Crippen molar-refractivity contribution in [3.05, 3.63) is 29.8 Å². The van der Waals surface area contributed by atoms with E-state index in [4.69, 9.17) is 4.74 Å². The zero-order valence-electron chi connectivity index (χ0n) is 10.7. The molecule has 1 N–H and O–H groups in total. The lowest BCUT2D eigenvalue weighted by Gasteiger charge is -2.21. The van der Waals surface area contributed by atoms with Gasteiger partial charge in [-0.15, -0.1) is 0 Å². The molecule has 6 heteroatoms. The quantitative estimate of drug-likeness (QED) is 0.898. The normalized spacial score (nSPS) is 22.7. The molecule has 0 aliphatic carbocycles. The Labute approximate surface area is 113 Å². The van der Waals surface area contributed by atoms with E-state index >= 15 is 0 Å². The highest BCUT2D eigenvalue weighted by Crippen LogP contribution is 2.29. The van der Waals surface area contributed by atoms with E-state index in [1.54, 1.807) is 0 Å². The summed E-state index contributed by atoms with van der Waals surface area (Å²) in [5, 5.41) is 0. The molecule has 0 radical (unpaired) electrons. The molecule has 1 unspecified atom stereocenters. The van der Waals surface area contributed by atoms with Crippen LogP contribution in [-0.2, 0) is 21.4 Å². The number of anilines is 1. The van der Waals surface area contributed by atoms with Gasteiger partial charge in [0.05, 0.1) is 11.8 Å². The molecular weight excluding hydrogens is 264 g/mol. The van der Waals surface area contributed by atoms with Gasteiger partial charge in [-0.25, -0.2) is 0 Å². The molecule has 0 bridgehead atoms. The average Bonchev–Trinajstić information content (AvgIpc) is 3.06. The van der Waals surface area contributed by atoms with Crippen LogP contribution in [0.2, 0.25) is 0 Å². The van der Waals surface area contributed by atoms with Crippen LogP contribution in [-0.4, -0.2) is 34.2 Å². The Morgan fingerprint density at radius 2 is 2.21 bits per heavy atom. The average molecular weight is 282 g/mol. The van der Waals surface area contributed by atoms with Crippen LogP contribution in [0.3, 0.4) is 0 Å². The van der Waals surface area contributed by atoms with E-state index in [1.165, 1.54) is 4.31 Å². The minimum atomic E-state index is -3.46. The molecule has 1 aromatic carbocycles. The molecule has 2 aliphatic heterocycles. The van der Waals surface area contributed by atoms with Gasteiger partial charge in [-0.2, -0.15) is 13.1 Å². The molecule has 2 heterocycles. The highest BCUT2D eigenvalue weighted by Gasteiger charge is 2.29. The smallest absolute Gasteiger partial charge is 0.301 e. The van der Waals surface area contributed by atoms with Gasteiger partial charge in [-0.1, -0.05) is 18.2 Å². The molecule has 1 aromatic rings. The summed E-state index contributed by atoms with van der Waals surface area (Å²) < 4.78 is 34.2. The number of hydrogen-bond acceptors (Lipinski definition) is 3. The van der Waals surface area contributed by atoms with Gasteiger partial charge in [0.1, 0.15) is 0 Å². The molecule has 3 rings (SSSR count). The lowest BCUT2D eigenvalue weighted by atomic mass is 10.2. The summed E-state index contributed by atoms with van der Waals surface area (Å²) in [5.74, 6) is 0. The minimum Gasteiger partial charge on any atom is -0.377 e. The predicted octanol–water partition coefficient (Wildman–Crippen LogP) is 1.06. The number of nitrogens with zero attached hydrogens (tertiary/aromatic N) is 1. The third-order valence-electron chi connectivity index (χ3n) is 3.65. The maximum atomic E-state index is 12.3. The highest BCUT2D eigenvalue weighted by molar-refractivity contribution is 7.90. The van der Waals surface area contributed by atoms with Crippen molar-refractivity contribution in [1.29, 1.82) is 0 Å². The van der Waals surface area contributed by atoms with E-state index in [9.17, 15) is 8.42 Å². The summed E-state index contributed by atoms with van der Waals surface area (Å²) in [4.78, 5) is 0. The van der Waals surface area contributed by atoms with Gasteiger partial charge >= 0.3 is 10.2 Å². The van der Waals surface area contributed by atoms with Crippen molar-refractivity contribution in [2.45, 2.75) is 25.4 Å². The number of rotatable bonds is 4. The predicted molar refractivity (Wildman–Crippen MR) is 73.4 cm³/mol. The SMILES string of the molecule is O=S(=O)(NCC1CCCO1)N1CCc2ccccc21. The fraction of sp³-hybridized carbons (Fsp3) is 0.538. The second kappa shape index (κ2) is 5.11. The van der Waals surface area contributed by atoms with Crippen LogP contribution in [0.1, 0.15) is 18.4 Å². The van der Waals surface area contributed by atoms with Gasteiger partial charge in [-0.3, -0.25) is 4.31 Å². The molecule has 0 saturated carbocycles. The number of hydrogen-bond donors (Lipinski definition) is 1. The van der Waals surface area contributed by atoms with Gasteiger partial charge in [0.15, 0.2) is 0 Å². The van der Waals surface area contributed by atoms with Gasteiger partial charge in [-0.05, 0) is 30.9 Å². The van der Waals surface area contributed by atoms with Gasteiger partial charge < -0.3 is 4.74 Å². The Bertz CT molecular complexity index is 553. The molecular formula is C13H18N2O3S.